The smallest absolute Gasteiger partial charge is 0.324 e. The maximum atomic E-state index is 12.2. The minimum absolute atomic E-state index is 0.0634. The topological polar surface area (TPSA) is 92.9 Å². The van der Waals surface area contributed by atoms with Gasteiger partial charge in [0.2, 0.25) is 0 Å². The summed E-state index contributed by atoms with van der Waals surface area (Å²) in [7, 11) is 1.58. The lowest BCUT2D eigenvalue weighted by Crippen LogP contribution is -2.47. The van der Waals surface area contributed by atoms with E-state index in [9.17, 15) is 20.0 Å². The van der Waals surface area contributed by atoms with Gasteiger partial charge in [-0.15, -0.1) is 0 Å². The van der Waals surface area contributed by atoms with Gasteiger partial charge in [-0.05, 0) is 6.07 Å². The van der Waals surface area contributed by atoms with E-state index in [2.05, 4.69) is 0 Å². The van der Waals surface area contributed by atoms with Gasteiger partial charge < -0.3 is 14.7 Å². The Bertz CT molecular complexity index is 510. The van der Waals surface area contributed by atoms with Crippen LogP contribution in [0.5, 0.6) is 0 Å². The van der Waals surface area contributed by atoms with Crippen molar-refractivity contribution < 1.29 is 19.6 Å². The summed E-state index contributed by atoms with van der Waals surface area (Å²) in [6.45, 7) is 1.15. The quantitative estimate of drug-likeness (QED) is 0.667. The first-order chi connectivity index (χ1) is 9.41. The average molecular weight is 300 g/mol. The number of carbonyl (C=O) groups excluding carboxylic acids is 1. The molecule has 7 nitrogen and oxygen atoms in total. The number of aliphatic hydroxyl groups is 1. The average Bonchev–Trinajstić information content (AvgIpc) is 2.87. The molecule has 1 N–H and O–H groups in total. The summed E-state index contributed by atoms with van der Waals surface area (Å²) < 4.78 is 5.18. The van der Waals surface area contributed by atoms with Gasteiger partial charge >= 0.3 is 5.00 Å². The SMILES string of the molecule is CN(CC1(O)CCOCC1)C(=O)c1ccc([N+](=O)[O-])s1. The zero-order chi connectivity index (χ0) is 14.8. The van der Waals surface area contributed by atoms with Gasteiger partial charge in [0.25, 0.3) is 5.91 Å². The van der Waals surface area contributed by atoms with Crippen molar-refractivity contribution >= 4 is 22.2 Å². The van der Waals surface area contributed by atoms with Gasteiger partial charge in [0.15, 0.2) is 0 Å². The number of carbonyl (C=O) groups is 1. The number of thiophene rings is 1. The van der Waals surface area contributed by atoms with Crippen LogP contribution < -0.4 is 0 Å². The maximum absolute atomic E-state index is 12.2. The van der Waals surface area contributed by atoms with Gasteiger partial charge in [-0.25, -0.2) is 0 Å². The molecule has 1 aromatic rings. The lowest BCUT2D eigenvalue weighted by molar-refractivity contribution is -0.380. The van der Waals surface area contributed by atoms with Gasteiger partial charge in [0.05, 0.1) is 15.4 Å². The number of nitro groups is 1. The molecule has 8 heteroatoms. The van der Waals surface area contributed by atoms with Crippen LogP contribution in [0, 0.1) is 10.1 Å². The molecule has 0 unspecified atom stereocenters. The van der Waals surface area contributed by atoms with Crippen molar-refractivity contribution in [3.8, 4) is 0 Å². The summed E-state index contributed by atoms with van der Waals surface area (Å²) in [4.78, 5) is 24.0. The third-order valence-corrected chi connectivity index (χ3v) is 4.31. The fourth-order valence-electron chi connectivity index (χ4n) is 2.15. The Morgan fingerprint density at radius 2 is 2.20 bits per heavy atom. The molecule has 1 fully saturated rings. The van der Waals surface area contributed by atoms with Crippen molar-refractivity contribution in [2.45, 2.75) is 18.4 Å². The molecule has 1 aliphatic heterocycles. The van der Waals surface area contributed by atoms with E-state index in [1.54, 1.807) is 7.05 Å². The predicted molar refractivity (Wildman–Crippen MR) is 72.9 cm³/mol. The van der Waals surface area contributed by atoms with E-state index in [4.69, 9.17) is 4.74 Å². The van der Waals surface area contributed by atoms with Crippen LogP contribution in [0.4, 0.5) is 5.00 Å². The van der Waals surface area contributed by atoms with Crippen LogP contribution in [0.15, 0.2) is 12.1 Å². The van der Waals surface area contributed by atoms with Gasteiger partial charge in [0, 0.05) is 45.7 Å². The molecule has 0 aromatic carbocycles. The number of amides is 1. The van der Waals surface area contributed by atoms with Crippen LogP contribution in [0.1, 0.15) is 22.5 Å². The van der Waals surface area contributed by atoms with Crippen LogP contribution in [-0.4, -0.2) is 53.2 Å². The van der Waals surface area contributed by atoms with E-state index in [1.165, 1.54) is 17.0 Å². The van der Waals surface area contributed by atoms with Crippen LogP contribution in [-0.2, 0) is 4.74 Å². The summed E-state index contributed by atoms with van der Waals surface area (Å²) in [6.07, 6.45) is 0.963. The number of nitrogens with zero attached hydrogens (tertiary/aromatic N) is 2. The maximum Gasteiger partial charge on any atom is 0.324 e. The summed E-state index contributed by atoms with van der Waals surface area (Å²) in [5.74, 6) is -0.317. The molecule has 110 valence electrons. The predicted octanol–water partition coefficient (Wildman–Crippen LogP) is 1.27. The van der Waals surface area contributed by atoms with E-state index in [-0.39, 0.29) is 17.5 Å². The van der Waals surface area contributed by atoms with E-state index in [0.717, 1.165) is 11.3 Å². The Kier molecular flexibility index (Phi) is 4.36. The molecule has 1 saturated heterocycles. The lowest BCUT2D eigenvalue weighted by Gasteiger charge is -2.35. The number of hydrogen-bond acceptors (Lipinski definition) is 6. The van der Waals surface area contributed by atoms with Gasteiger partial charge in [-0.3, -0.25) is 14.9 Å². The number of hydrogen-bond donors (Lipinski definition) is 1. The molecule has 0 spiro atoms. The molecule has 2 heterocycles. The zero-order valence-electron chi connectivity index (χ0n) is 11.1. The van der Waals surface area contributed by atoms with Crippen molar-refractivity contribution in [1.82, 2.24) is 4.90 Å². The van der Waals surface area contributed by atoms with Crippen molar-refractivity contribution in [2.75, 3.05) is 26.8 Å². The molecule has 0 saturated carbocycles. The third-order valence-electron chi connectivity index (χ3n) is 3.28. The molecule has 0 aliphatic carbocycles. The largest absolute Gasteiger partial charge is 0.388 e. The van der Waals surface area contributed by atoms with Gasteiger partial charge in [-0.2, -0.15) is 0 Å². The minimum Gasteiger partial charge on any atom is -0.388 e. The third kappa shape index (κ3) is 3.33. The number of ether oxygens (including phenoxy) is 1. The van der Waals surface area contributed by atoms with Crippen LogP contribution in [0.3, 0.4) is 0 Å². The normalized spacial score (nSPS) is 17.7. The first-order valence-electron chi connectivity index (χ1n) is 6.21. The highest BCUT2D eigenvalue weighted by Crippen LogP contribution is 2.26. The van der Waals surface area contributed by atoms with Crippen LogP contribution in [0.25, 0.3) is 0 Å². The number of likely N-dealkylation sites (N-methyl/N-ethyl adjacent to an activating group) is 1. The molecule has 0 bridgehead atoms. The number of rotatable bonds is 4. The summed E-state index contributed by atoms with van der Waals surface area (Å²) in [5, 5.41) is 20.9. The first-order valence-corrected chi connectivity index (χ1v) is 7.03. The second-order valence-corrected chi connectivity index (χ2v) is 5.96. The van der Waals surface area contributed by atoms with Gasteiger partial charge in [0.1, 0.15) is 0 Å². The van der Waals surface area contributed by atoms with Crippen molar-refractivity contribution in [3.63, 3.8) is 0 Å². The molecule has 1 aromatic heterocycles. The highest BCUT2D eigenvalue weighted by atomic mass is 32.1. The van der Waals surface area contributed by atoms with E-state index in [0.29, 0.717) is 30.9 Å². The van der Waals surface area contributed by atoms with Crippen LogP contribution >= 0.6 is 11.3 Å². The molecular weight excluding hydrogens is 284 g/mol. The van der Waals surface area contributed by atoms with E-state index >= 15 is 0 Å². The Morgan fingerprint density at radius 1 is 1.55 bits per heavy atom. The van der Waals surface area contributed by atoms with E-state index in [1.807, 2.05) is 0 Å². The minimum atomic E-state index is -0.939. The first kappa shape index (κ1) is 14.9. The summed E-state index contributed by atoms with van der Waals surface area (Å²) >= 11 is 0.842. The van der Waals surface area contributed by atoms with Crippen molar-refractivity contribution in [2.24, 2.45) is 0 Å². The second kappa shape index (κ2) is 5.86. The Morgan fingerprint density at radius 3 is 2.75 bits per heavy atom. The van der Waals surface area contributed by atoms with E-state index < -0.39 is 10.5 Å². The Balaban J connectivity index is 2.02. The van der Waals surface area contributed by atoms with Gasteiger partial charge in [-0.1, -0.05) is 11.3 Å². The van der Waals surface area contributed by atoms with Crippen molar-refractivity contribution in [1.29, 1.82) is 0 Å². The monoisotopic (exact) mass is 300 g/mol. The molecule has 2 rings (SSSR count). The Hall–Kier alpha value is -1.51. The fourth-order valence-corrected chi connectivity index (χ4v) is 2.97. The molecule has 0 atom stereocenters. The van der Waals surface area contributed by atoms with Crippen LogP contribution in [0.2, 0.25) is 0 Å². The fraction of sp³-hybridized carbons (Fsp3) is 0.583. The highest BCUT2D eigenvalue weighted by molar-refractivity contribution is 7.17. The second-order valence-electron chi connectivity index (χ2n) is 4.89. The highest BCUT2D eigenvalue weighted by Gasteiger charge is 2.33. The zero-order valence-corrected chi connectivity index (χ0v) is 11.9. The molecule has 1 amide bonds. The summed E-state index contributed by atoms with van der Waals surface area (Å²) in [6, 6.07) is 2.75. The standard InChI is InChI=1S/C12H16N2O5S/c1-13(8-12(16)4-6-19-7-5-12)11(15)9-2-3-10(20-9)14(17)18/h2-3,16H,4-8H2,1H3. The van der Waals surface area contributed by atoms with Crippen molar-refractivity contribution in [3.05, 3.63) is 27.1 Å². The molecule has 20 heavy (non-hydrogen) atoms. The summed E-state index contributed by atoms with van der Waals surface area (Å²) in [5.41, 5.74) is -0.939. The lowest BCUT2D eigenvalue weighted by atomic mass is 9.94. The molecule has 1 aliphatic rings. The molecule has 0 radical (unpaired) electrons. The Labute approximate surface area is 119 Å². The molecular formula is C12H16N2O5S.